The van der Waals surface area contributed by atoms with Gasteiger partial charge in [0.25, 0.3) is 5.56 Å². The zero-order chi connectivity index (χ0) is 21.3. The van der Waals surface area contributed by atoms with Gasteiger partial charge in [-0.05, 0) is 43.3 Å². The van der Waals surface area contributed by atoms with E-state index >= 15 is 0 Å². The zero-order valence-corrected chi connectivity index (χ0v) is 16.7. The second-order valence-corrected chi connectivity index (χ2v) is 7.41. The molecule has 1 aliphatic rings. The number of rotatable bonds is 4. The molecule has 2 aromatic carbocycles. The van der Waals surface area contributed by atoms with Gasteiger partial charge in [0, 0.05) is 22.8 Å². The lowest BCUT2D eigenvalue weighted by Gasteiger charge is -2.23. The van der Waals surface area contributed by atoms with Crippen LogP contribution in [0.1, 0.15) is 23.5 Å². The Balaban J connectivity index is 1.62. The molecule has 0 aliphatic carbocycles. The van der Waals surface area contributed by atoms with Crippen LogP contribution in [-0.2, 0) is 9.59 Å². The average Bonchev–Trinajstić information content (AvgIpc) is 2.70. The van der Waals surface area contributed by atoms with E-state index in [-0.39, 0.29) is 23.8 Å². The van der Waals surface area contributed by atoms with Crippen LogP contribution in [0.5, 0.6) is 0 Å². The number of benzene rings is 2. The predicted octanol–water partition coefficient (Wildman–Crippen LogP) is 3.54. The summed E-state index contributed by atoms with van der Waals surface area (Å²) in [6, 6.07) is 14.1. The molecule has 0 fully saturated rings. The number of halogens is 1. The van der Waals surface area contributed by atoms with E-state index in [1.54, 1.807) is 24.3 Å². The summed E-state index contributed by atoms with van der Waals surface area (Å²) in [6.07, 6.45) is -0.151. The number of amides is 2. The van der Waals surface area contributed by atoms with Crippen LogP contribution in [0.2, 0.25) is 5.02 Å². The van der Waals surface area contributed by atoms with E-state index in [1.807, 2.05) is 31.2 Å². The molecule has 1 aromatic heterocycles. The maximum absolute atomic E-state index is 12.8. The summed E-state index contributed by atoms with van der Waals surface area (Å²) in [7, 11) is 0. The van der Waals surface area contributed by atoms with Gasteiger partial charge in [-0.25, -0.2) is 0 Å². The van der Waals surface area contributed by atoms with Crippen molar-refractivity contribution in [2.75, 3.05) is 16.0 Å². The third-order valence-corrected chi connectivity index (χ3v) is 4.95. The van der Waals surface area contributed by atoms with E-state index in [1.165, 1.54) is 0 Å². The molecule has 30 heavy (non-hydrogen) atoms. The summed E-state index contributed by atoms with van der Waals surface area (Å²) in [5.41, 5.74) is 1.96. The summed E-state index contributed by atoms with van der Waals surface area (Å²) in [6.45, 7) is 1.97. The number of nitrogens with zero attached hydrogens (tertiary/aromatic N) is 1. The minimum absolute atomic E-state index is 0.0702. The van der Waals surface area contributed by atoms with Gasteiger partial charge in [-0.15, -0.1) is 0 Å². The van der Waals surface area contributed by atoms with Gasteiger partial charge in [0.1, 0.15) is 5.82 Å². The molecule has 1 aliphatic heterocycles. The molecule has 0 bridgehead atoms. The van der Waals surface area contributed by atoms with Crippen molar-refractivity contribution >= 4 is 46.6 Å². The van der Waals surface area contributed by atoms with Crippen LogP contribution in [0.15, 0.2) is 53.3 Å². The Bertz CT molecular complexity index is 1170. The predicted molar refractivity (Wildman–Crippen MR) is 115 cm³/mol. The van der Waals surface area contributed by atoms with Crippen molar-refractivity contribution < 1.29 is 9.59 Å². The molecule has 8 nitrogen and oxygen atoms in total. The molecule has 152 valence electrons. The normalized spacial score (nSPS) is 15.1. The van der Waals surface area contributed by atoms with Crippen molar-refractivity contribution in [3.8, 4) is 0 Å². The Kier molecular flexibility index (Phi) is 5.24. The topological polar surface area (TPSA) is 116 Å². The smallest absolute Gasteiger partial charge is 0.258 e. The van der Waals surface area contributed by atoms with Gasteiger partial charge in [-0.3, -0.25) is 19.4 Å². The van der Waals surface area contributed by atoms with Crippen LogP contribution in [-0.4, -0.2) is 21.8 Å². The molecule has 4 N–H and O–H groups in total. The molecule has 0 unspecified atom stereocenters. The lowest BCUT2D eigenvalue weighted by Crippen LogP contribution is -2.36. The molecule has 9 heteroatoms. The summed E-state index contributed by atoms with van der Waals surface area (Å²) in [4.78, 5) is 44.7. The number of H-pyrrole nitrogens is 1. The van der Waals surface area contributed by atoms with E-state index in [4.69, 9.17) is 11.6 Å². The molecule has 0 saturated carbocycles. The van der Waals surface area contributed by atoms with Gasteiger partial charge >= 0.3 is 0 Å². The van der Waals surface area contributed by atoms with E-state index in [9.17, 15) is 14.4 Å². The number of nitrogens with one attached hydrogen (secondary N) is 4. The second kappa shape index (κ2) is 8.00. The maximum Gasteiger partial charge on any atom is 0.258 e. The van der Waals surface area contributed by atoms with Crippen molar-refractivity contribution in [3.05, 3.63) is 75.0 Å². The SMILES string of the molecule is Cc1ccc(Nc2nc3c(c(=O)[nH]2)[C@@H](C(=O)Nc2ccc(Cl)cc2)CC(=O)N3)cc1. The van der Waals surface area contributed by atoms with Gasteiger partial charge in [-0.2, -0.15) is 4.98 Å². The van der Waals surface area contributed by atoms with Crippen LogP contribution in [0.3, 0.4) is 0 Å². The lowest BCUT2D eigenvalue weighted by atomic mass is 9.92. The third kappa shape index (κ3) is 4.18. The molecule has 2 heterocycles. The molecule has 4 rings (SSSR count). The highest BCUT2D eigenvalue weighted by Gasteiger charge is 2.34. The van der Waals surface area contributed by atoms with E-state index in [2.05, 4.69) is 25.9 Å². The van der Waals surface area contributed by atoms with Crippen LogP contribution >= 0.6 is 11.6 Å². The van der Waals surface area contributed by atoms with Crippen molar-refractivity contribution in [2.45, 2.75) is 19.3 Å². The molecular formula is C21H18ClN5O3. The monoisotopic (exact) mass is 423 g/mol. The fourth-order valence-corrected chi connectivity index (χ4v) is 3.32. The number of aryl methyl sites for hydroxylation is 1. The first-order chi connectivity index (χ1) is 14.4. The van der Waals surface area contributed by atoms with Gasteiger partial charge in [0.15, 0.2) is 0 Å². The maximum atomic E-state index is 12.8. The highest BCUT2D eigenvalue weighted by atomic mass is 35.5. The molecular weight excluding hydrogens is 406 g/mol. The number of aromatic nitrogens is 2. The Labute approximate surface area is 176 Å². The van der Waals surface area contributed by atoms with Gasteiger partial charge in [0.2, 0.25) is 17.8 Å². The number of hydrogen-bond donors (Lipinski definition) is 4. The van der Waals surface area contributed by atoms with Crippen molar-refractivity contribution in [1.82, 2.24) is 9.97 Å². The minimum atomic E-state index is -0.964. The first-order valence-corrected chi connectivity index (χ1v) is 9.61. The van der Waals surface area contributed by atoms with Crippen LogP contribution in [0.25, 0.3) is 0 Å². The van der Waals surface area contributed by atoms with Crippen molar-refractivity contribution in [2.24, 2.45) is 0 Å². The summed E-state index contributed by atoms with van der Waals surface area (Å²) >= 11 is 5.86. The Morgan fingerprint density at radius 1 is 1.07 bits per heavy atom. The number of fused-ring (bicyclic) bond motifs is 1. The van der Waals surface area contributed by atoms with Crippen LogP contribution in [0.4, 0.5) is 23.1 Å². The minimum Gasteiger partial charge on any atom is -0.326 e. The Morgan fingerprint density at radius 2 is 1.73 bits per heavy atom. The molecule has 3 aromatic rings. The Hall–Kier alpha value is -3.65. The van der Waals surface area contributed by atoms with Gasteiger partial charge in [0.05, 0.1) is 11.5 Å². The first kappa shape index (κ1) is 19.7. The number of anilines is 4. The highest BCUT2D eigenvalue weighted by molar-refractivity contribution is 6.30. The summed E-state index contributed by atoms with van der Waals surface area (Å²) < 4.78 is 0. The number of carbonyl (C=O) groups is 2. The van der Waals surface area contributed by atoms with Gasteiger partial charge < -0.3 is 16.0 Å². The summed E-state index contributed by atoms with van der Waals surface area (Å²) in [5.74, 6) is -1.59. The fourth-order valence-electron chi connectivity index (χ4n) is 3.19. The average molecular weight is 424 g/mol. The molecule has 1 atom stereocenters. The number of aromatic amines is 1. The quantitative estimate of drug-likeness (QED) is 0.512. The molecule has 0 spiro atoms. The summed E-state index contributed by atoms with van der Waals surface area (Å²) in [5, 5.41) is 8.83. The number of carbonyl (C=O) groups excluding carboxylic acids is 2. The van der Waals surface area contributed by atoms with E-state index in [0.717, 1.165) is 11.3 Å². The highest BCUT2D eigenvalue weighted by Crippen LogP contribution is 2.30. The van der Waals surface area contributed by atoms with Crippen molar-refractivity contribution in [1.29, 1.82) is 0 Å². The standard InChI is InChI=1S/C21H18ClN5O3/c1-11-2-6-14(7-3-11)24-21-26-18-17(20(30)27-21)15(10-16(28)25-18)19(29)23-13-8-4-12(22)5-9-13/h2-9,15H,10H2,1H3,(H,23,29)(H3,24,25,26,27,28,30)/t15-/m0/s1. The fraction of sp³-hybridized carbons (Fsp3) is 0.143. The molecule has 0 radical (unpaired) electrons. The lowest BCUT2D eigenvalue weighted by molar-refractivity contribution is -0.123. The third-order valence-electron chi connectivity index (χ3n) is 4.69. The molecule has 0 saturated heterocycles. The first-order valence-electron chi connectivity index (χ1n) is 9.23. The Morgan fingerprint density at radius 3 is 2.43 bits per heavy atom. The van der Waals surface area contributed by atoms with Crippen molar-refractivity contribution in [3.63, 3.8) is 0 Å². The number of hydrogen-bond acceptors (Lipinski definition) is 5. The van der Waals surface area contributed by atoms with E-state index in [0.29, 0.717) is 10.7 Å². The molecule has 2 amide bonds. The van der Waals surface area contributed by atoms with Crippen LogP contribution < -0.4 is 21.5 Å². The van der Waals surface area contributed by atoms with E-state index < -0.39 is 23.3 Å². The second-order valence-electron chi connectivity index (χ2n) is 6.97. The zero-order valence-electron chi connectivity index (χ0n) is 16.0. The van der Waals surface area contributed by atoms with Gasteiger partial charge in [-0.1, -0.05) is 29.3 Å². The van der Waals surface area contributed by atoms with Crippen LogP contribution in [0, 0.1) is 6.92 Å². The largest absolute Gasteiger partial charge is 0.326 e.